The summed E-state index contributed by atoms with van der Waals surface area (Å²) in [4.78, 5) is 31.9. The summed E-state index contributed by atoms with van der Waals surface area (Å²) in [6.45, 7) is 7.73. The maximum absolute atomic E-state index is 13.0. The van der Waals surface area contributed by atoms with Crippen molar-refractivity contribution < 1.29 is 4.79 Å². The van der Waals surface area contributed by atoms with Crippen LogP contribution in [-0.2, 0) is 4.79 Å². The van der Waals surface area contributed by atoms with Crippen LogP contribution < -0.4 is 10.9 Å². The number of halogens is 1. The van der Waals surface area contributed by atoms with Crippen molar-refractivity contribution in [3.05, 3.63) is 49.6 Å². The number of benzene rings is 1. The number of carbonyl (C=O) groups excluding carboxylic acids is 1. The molecule has 0 aliphatic rings. The molecule has 1 N–H and O–H groups in total. The van der Waals surface area contributed by atoms with Gasteiger partial charge in [0.05, 0.1) is 22.4 Å². The SMILES string of the molecule is Cc1sc2nc(SCC(=O)Nc3cc(Cl)ccc3C#N)n(C(C)C)c(=O)c2c1C. The van der Waals surface area contributed by atoms with Crippen LogP contribution in [0.2, 0.25) is 5.02 Å². The zero-order chi connectivity index (χ0) is 21.3. The second kappa shape index (κ2) is 8.57. The van der Waals surface area contributed by atoms with Crippen LogP contribution in [0.1, 0.15) is 35.9 Å². The maximum Gasteiger partial charge on any atom is 0.263 e. The van der Waals surface area contributed by atoms with E-state index < -0.39 is 0 Å². The predicted molar refractivity (Wildman–Crippen MR) is 119 cm³/mol. The minimum absolute atomic E-state index is 0.0470. The summed E-state index contributed by atoms with van der Waals surface area (Å²) in [6, 6.07) is 6.61. The van der Waals surface area contributed by atoms with Crippen LogP contribution in [0.3, 0.4) is 0 Å². The van der Waals surface area contributed by atoms with Gasteiger partial charge < -0.3 is 5.32 Å². The van der Waals surface area contributed by atoms with Crippen LogP contribution in [0.15, 0.2) is 28.2 Å². The highest BCUT2D eigenvalue weighted by molar-refractivity contribution is 7.99. The first-order valence-corrected chi connectivity index (χ1v) is 11.1. The highest BCUT2D eigenvalue weighted by Gasteiger charge is 2.19. The summed E-state index contributed by atoms with van der Waals surface area (Å²) in [5, 5.41) is 13.5. The van der Waals surface area contributed by atoms with Crippen molar-refractivity contribution in [1.82, 2.24) is 9.55 Å². The van der Waals surface area contributed by atoms with Crippen LogP contribution in [0, 0.1) is 25.2 Å². The number of nitriles is 1. The topological polar surface area (TPSA) is 87.8 Å². The highest BCUT2D eigenvalue weighted by atomic mass is 35.5. The van der Waals surface area contributed by atoms with Crippen molar-refractivity contribution in [1.29, 1.82) is 5.26 Å². The molecule has 0 aliphatic heterocycles. The van der Waals surface area contributed by atoms with Gasteiger partial charge in [-0.25, -0.2) is 4.98 Å². The first kappa shape index (κ1) is 21.4. The summed E-state index contributed by atoms with van der Waals surface area (Å²) in [6.07, 6.45) is 0. The van der Waals surface area contributed by atoms with Crippen molar-refractivity contribution >= 4 is 56.5 Å². The molecule has 29 heavy (non-hydrogen) atoms. The number of rotatable bonds is 5. The minimum Gasteiger partial charge on any atom is -0.324 e. The van der Waals surface area contributed by atoms with Crippen molar-refractivity contribution in [3.8, 4) is 6.07 Å². The molecular formula is C20H19ClN4O2S2. The van der Waals surface area contributed by atoms with Gasteiger partial charge in [-0.2, -0.15) is 5.26 Å². The molecule has 6 nitrogen and oxygen atoms in total. The van der Waals surface area contributed by atoms with Crippen molar-refractivity contribution in [2.24, 2.45) is 0 Å². The molecule has 2 heterocycles. The molecule has 1 amide bonds. The van der Waals surface area contributed by atoms with Gasteiger partial charge in [0.2, 0.25) is 5.91 Å². The van der Waals surface area contributed by atoms with Crippen molar-refractivity contribution in [3.63, 3.8) is 0 Å². The Hall–Kier alpha value is -2.34. The second-order valence-electron chi connectivity index (χ2n) is 6.77. The molecule has 150 valence electrons. The monoisotopic (exact) mass is 446 g/mol. The van der Waals surface area contributed by atoms with E-state index in [1.165, 1.54) is 29.2 Å². The third-order valence-electron chi connectivity index (χ3n) is 4.43. The number of aryl methyl sites for hydroxylation is 2. The van der Waals surface area contributed by atoms with E-state index >= 15 is 0 Å². The summed E-state index contributed by atoms with van der Waals surface area (Å²) in [7, 11) is 0. The van der Waals surface area contributed by atoms with Crippen LogP contribution >= 0.6 is 34.7 Å². The number of fused-ring (bicyclic) bond motifs is 1. The Balaban J connectivity index is 1.88. The lowest BCUT2D eigenvalue weighted by molar-refractivity contribution is -0.113. The number of hydrogen-bond acceptors (Lipinski definition) is 6. The lowest BCUT2D eigenvalue weighted by Gasteiger charge is -2.15. The Bertz CT molecular complexity index is 1210. The number of thiophene rings is 1. The van der Waals surface area contributed by atoms with Crippen LogP contribution in [0.4, 0.5) is 5.69 Å². The lowest BCUT2D eigenvalue weighted by Crippen LogP contribution is -2.25. The standard InChI is InChI=1S/C20H19ClN4O2S2/c1-10(2)25-19(27)17-11(3)12(4)29-18(17)24-20(25)28-9-16(26)23-15-7-14(21)6-5-13(15)8-22/h5-7,10H,9H2,1-4H3,(H,23,26). The van der Waals surface area contributed by atoms with Crippen LogP contribution in [0.25, 0.3) is 10.2 Å². The molecule has 0 aliphatic carbocycles. The van der Waals surface area contributed by atoms with E-state index in [1.54, 1.807) is 16.7 Å². The minimum atomic E-state index is -0.308. The Morgan fingerprint density at radius 3 is 2.79 bits per heavy atom. The summed E-state index contributed by atoms with van der Waals surface area (Å²) >= 11 is 8.64. The van der Waals surface area contributed by atoms with Gasteiger partial charge in [0, 0.05) is 15.9 Å². The number of hydrogen-bond donors (Lipinski definition) is 1. The fraction of sp³-hybridized carbons (Fsp3) is 0.300. The molecular weight excluding hydrogens is 428 g/mol. The quantitative estimate of drug-likeness (QED) is 0.444. The molecule has 0 atom stereocenters. The predicted octanol–water partition coefficient (Wildman–Crippen LogP) is 4.91. The third-order valence-corrected chi connectivity index (χ3v) is 6.72. The molecule has 0 radical (unpaired) electrons. The average molecular weight is 447 g/mol. The van der Waals surface area contributed by atoms with Gasteiger partial charge in [-0.3, -0.25) is 14.2 Å². The van der Waals surface area contributed by atoms with E-state index in [9.17, 15) is 14.9 Å². The molecule has 1 aromatic carbocycles. The van der Waals surface area contributed by atoms with Crippen molar-refractivity contribution in [2.75, 3.05) is 11.1 Å². The summed E-state index contributed by atoms with van der Waals surface area (Å²) in [5.74, 6) is -0.261. The van der Waals surface area contributed by atoms with Crippen molar-refractivity contribution in [2.45, 2.75) is 38.9 Å². The van der Waals surface area contributed by atoms with Crippen LogP contribution in [-0.4, -0.2) is 21.2 Å². The van der Waals surface area contributed by atoms with Gasteiger partial charge in [0.15, 0.2) is 5.16 Å². The first-order chi connectivity index (χ1) is 13.7. The average Bonchev–Trinajstić information content (AvgIpc) is 2.94. The molecule has 9 heteroatoms. The molecule has 2 aromatic heterocycles. The lowest BCUT2D eigenvalue weighted by atomic mass is 10.2. The Morgan fingerprint density at radius 2 is 2.14 bits per heavy atom. The molecule has 0 unspecified atom stereocenters. The number of aromatic nitrogens is 2. The van der Waals surface area contributed by atoms with E-state index in [1.807, 2.05) is 33.8 Å². The van der Waals surface area contributed by atoms with Gasteiger partial charge in [-0.1, -0.05) is 23.4 Å². The van der Waals surface area contributed by atoms with Gasteiger partial charge in [-0.15, -0.1) is 11.3 Å². The molecule has 0 bridgehead atoms. The van der Waals surface area contributed by atoms with E-state index in [4.69, 9.17) is 11.6 Å². The maximum atomic E-state index is 13.0. The smallest absolute Gasteiger partial charge is 0.263 e. The molecule has 0 spiro atoms. The fourth-order valence-electron chi connectivity index (χ4n) is 2.88. The highest BCUT2D eigenvalue weighted by Crippen LogP contribution is 2.29. The van der Waals surface area contributed by atoms with E-state index in [0.717, 1.165) is 10.4 Å². The normalized spacial score (nSPS) is 11.1. The molecule has 0 fully saturated rings. The summed E-state index contributed by atoms with van der Waals surface area (Å²) in [5.41, 5.74) is 1.56. The molecule has 3 rings (SSSR count). The number of carbonyl (C=O) groups is 1. The van der Waals surface area contributed by atoms with Crippen LogP contribution in [0.5, 0.6) is 0 Å². The molecule has 3 aromatic rings. The zero-order valence-corrected chi connectivity index (χ0v) is 18.8. The molecule has 0 saturated carbocycles. The zero-order valence-electron chi connectivity index (χ0n) is 16.4. The Labute approximate surface area is 181 Å². The largest absolute Gasteiger partial charge is 0.324 e. The van der Waals surface area contributed by atoms with Gasteiger partial charge >= 0.3 is 0 Å². The number of anilines is 1. The Kier molecular flexibility index (Phi) is 6.32. The van der Waals surface area contributed by atoms with E-state index in [0.29, 0.717) is 31.6 Å². The van der Waals surface area contributed by atoms with Gasteiger partial charge in [0.1, 0.15) is 10.9 Å². The van der Waals surface area contributed by atoms with Gasteiger partial charge in [-0.05, 0) is 51.5 Å². The molecule has 0 saturated heterocycles. The number of nitrogens with one attached hydrogen (secondary N) is 1. The first-order valence-electron chi connectivity index (χ1n) is 8.87. The fourth-order valence-corrected chi connectivity index (χ4v) is 5.05. The number of thioether (sulfide) groups is 1. The number of nitrogens with zero attached hydrogens (tertiary/aromatic N) is 3. The van der Waals surface area contributed by atoms with Gasteiger partial charge in [0.25, 0.3) is 5.56 Å². The van der Waals surface area contributed by atoms with E-state index in [-0.39, 0.29) is 23.3 Å². The Morgan fingerprint density at radius 1 is 1.41 bits per heavy atom. The summed E-state index contributed by atoms with van der Waals surface area (Å²) < 4.78 is 1.62. The second-order valence-corrected chi connectivity index (χ2v) is 9.35. The van der Waals surface area contributed by atoms with E-state index in [2.05, 4.69) is 10.3 Å². The number of amides is 1. The third kappa shape index (κ3) is 4.32.